The molecule has 0 bridgehead atoms. The number of guanidine groups is 1. The van der Waals surface area contributed by atoms with Gasteiger partial charge in [0.15, 0.2) is 5.96 Å². The van der Waals surface area contributed by atoms with E-state index in [9.17, 15) is 8.42 Å². The Balaban J connectivity index is 0.00000392. The smallest absolute Gasteiger partial charge is 0.242 e. The average molecular weight is 537 g/mol. The van der Waals surface area contributed by atoms with Gasteiger partial charge < -0.3 is 10.6 Å². The number of halogens is 1. The van der Waals surface area contributed by atoms with E-state index >= 15 is 0 Å². The molecule has 10 heteroatoms. The maximum atomic E-state index is 12.5. The predicted molar refractivity (Wildman–Crippen MR) is 126 cm³/mol. The van der Waals surface area contributed by atoms with E-state index in [1.165, 1.54) is 23.3 Å². The molecule has 0 fully saturated rings. The normalized spacial score (nSPS) is 12.0. The van der Waals surface area contributed by atoms with E-state index in [4.69, 9.17) is 0 Å². The molecule has 1 heterocycles. The van der Waals surface area contributed by atoms with Crippen molar-refractivity contribution in [1.82, 2.24) is 19.9 Å². The molecule has 2 aromatic rings. The second kappa shape index (κ2) is 11.7. The van der Waals surface area contributed by atoms with Gasteiger partial charge in [0.2, 0.25) is 10.0 Å². The summed E-state index contributed by atoms with van der Waals surface area (Å²) >= 11 is 1.69. The van der Waals surface area contributed by atoms with Crippen LogP contribution >= 0.6 is 35.3 Å². The highest BCUT2D eigenvalue weighted by atomic mass is 127. The summed E-state index contributed by atoms with van der Waals surface area (Å²) in [6.45, 7) is 5.73. The molecule has 0 spiro atoms. The number of aromatic nitrogens is 1. The Morgan fingerprint density at radius 1 is 1.25 bits per heavy atom. The van der Waals surface area contributed by atoms with Crippen LogP contribution in [-0.2, 0) is 23.0 Å². The summed E-state index contributed by atoms with van der Waals surface area (Å²) < 4.78 is 26.2. The number of nitrogens with zero attached hydrogens (tertiary/aromatic N) is 3. The van der Waals surface area contributed by atoms with Crippen LogP contribution in [0.2, 0.25) is 0 Å². The van der Waals surface area contributed by atoms with Gasteiger partial charge in [-0.2, -0.15) is 0 Å². The van der Waals surface area contributed by atoms with Crippen molar-refractivity contribution in [2.24, 2.45) is 4.99 Å². The van der Waals surface area contributed by atoms with Gasteiger partial charge in [0.25, 0.3) is 0 Å². The third kappa shape index (κ3) is 6.98. The largest absolute Gasteiger partial charge is 0.357 e. The van der Waals surface area contributed by atoms with Crippen molar-refractivity contribution in [2.45, 2.75) is 31.7 Å². The maximum absolute atomic E-state index is 12.5. The van der Waals surface area contributed by atoms with E-state index in [0.29, 0.717) is 18.1 Å². The molecule has 28 heavy (non-hydrogen) atoms. The third-order valence-corrected chi connectivity index (χ3v) is 6.67. The topological polar surface area (TPSA) is 86.7 Å². The quantitative estimate of drug-likeness (QED) is 0.307. The average Bonchev–Trinajstić information content (AvgIpc) is 3.05. The van der Waals surface area contributed by atoms with Crippen LogP contribution in [0.5, 0.6) is 0 Å². The second-order valence-electron chi connectivity index (χ2n) is 6.13. The molecule has 0 atom stereocenters. The van der Waals surface area contributed by atoms with Crippen LogP contribution in [0.3, 0.4) is 0 Å². The molecular formula is C18H28IN5O2S2. The summed E-state index contributed by atoms with van der Waals surface area (Å²) in [5.41, 5.74) is 0.666. The lowest BCUT2D eigenvalue weighted by molar-refractivity contribution is 0.519. The summed E-state index contributed by atoms with van der Waals surface area (Å²) in [6.07, 6.45) is 2.69. The summed E-state index contributed by atoms with van der Waals surface area (Å²) in [7, 11) is -0.444. The summed E-state index contributed by atoms with van der Waals surface area (Å²) in [5.74, 6) is 0.655. The first-order valence-electron chi connectivity index (χ1n) is 8.78. The van der Waals surface area contributed by atoms with Crippen LogP contribution in [0, 0.1) is 6.92 Å². The number of aliphatic imine (C=N–C) groups is 1. The van der Waals surface area contributed by atoms with Gasteiger partial charge >= 0.3 is 0 Å². The summed E-state index contributed by atoms with van der Waals surface area (Å²) in [4.78, 5) is 10.4. The van der Waals surface area contributed by atoms with E-state index in [2.05, 4.69) is 20.6 Å². The highest BCUT2D eigenvalue weighted by Gasteiger charge is 2.20. The van der Waals surface area contributed by atoms with Gasteiger partial charge in [-0.15, -0.1) is 35.3 Å². The van der Waals surface area contributed by atoms with Crippen LogP contribution in [0.15, 0.2) is 40.4 Å². The zero-order valence-corrected chi connectivity index (χ0v) is 20.6. The van der Waals surface area contributed by atoms with Gasteiger partial charge in [-0.3, -0.25) is 0 Å². The molecule has 0 unspecified atom stereocenters. The van der Waals surface area contributed by atoms with E-state index in [-0.39, 0.29) is 35.4 Å². The lowest BCUT2D eigenvalue weighted by Crippen LogP contribution is -2.38. The molecule has 0 saturated heterocycles. The minimum atomic E-state index is -3.50. The van der Waals surface area contributed by atoms with Gasteiger partial charge in [-0.05, 0) is 25.5 Å². The van der Waals surface area contributed by atoms with Gasteiger partial charge in [-0.25, -0.2) is 22.7 Å². The molecule has 0 aliphatic heterocycles. The highest BCUT2D eigenvalue weighted by molar-refractivity contribution is 14.0. The van der Waals surface area contributed by atoms with Crippen LogP contribution in [0.25, 0.3) is 0 Å². The van der Waals surface area contributed by atoms with Crippen molar-refractivity contribution < 1.29 is 8.42 Å². The Hall–Kier alpha value is -1.24. The molecule has 2 N–H and O–H groups in total. The number of aryl methyl sites for hydroxylation is 1. The Kier molecular flexibility index (Phi) is 10.4. The molecule has 2 rings (SSSR count). The van der Waals surface area contributed by atoms with Crippen molar-refractivity contribution in [3.63, 3.8) is 0 Å². The maximum Gasteiger partial charge on any atom is 0.242 e. The number of benzene rings is 1. The number of sulfonamides is 1. The number of hydrogen-bond donors (Lipinski definition) is 2. The first-order chi connectivity index (χ1) is 12.8. The molecule has 0 amide bonds. The molecule has 0 saturated carbocycles. The van der Waals surface area contributed by atoms with Crippen molar-refractivity contribution in [3.8, 4) is 0 Å². The standard InChI is InChI=1S/C18H27N5O2S2.HI/c1-5-19-18(20-11-10-17-21-12-14(2)26-17)22-13-15-8-6-7-9-16(15)27(24,25)23(3)4;/h6-9,12H,5,10-11,13H2,1-4H3,(H2,19,20,22);1H. The van der Waals surface area contributed by atoms with Gasteiger partial charge in [-0.1, -0.05) is 18.2 Å². The Morgan fingerprint density at radius 3 is 2.57 bits per heavy atom. The first kappa shape index (κ1) is 24.8. The fourth-order valence-corrected chi connectivity index (χ4v) is 4.29. The van der Waals surface area contributed by atoms with E-state index in [0.717, 1.165) is 18.0 Å². The Labute approximate surface area is 188 Å². The van der Waals surface area contributed by atoms with E-state index in [1.54, 1.807) is 29.5 Å². The number of rotatable bonds is 8. The number of hydrogen-bond acceptors (Lipinski definition) is 5. The molecule has 1 aromatic heterocycles. The van der Waals surface area contributed by atoms with E-state index < -0.39 is 10.0 Å². The van der Waals surface area contributed by atoms with Gasteiger partial charge in [0, 0.05) is 44.7 Å². The molecular weight excluding hydrogens is 509 g/mol. The van der Waals surface area contributed by atoms with Crippen molar-refractivity contribution >= 4 is 51.3 Å². The summed E-state index contributed by atoms with van der Waals surface area (Å²) in [6, 6.07) is 6.96. The predicted octanol–water partition coefficient (Wildman–Crippen LogP) is 2.62. The molecule has 0 radical (unpaired) electrons. The first-order valence-corrected chi connectivity index (χ1v) is 11.0. The van der Waals surface area contributed by atoms with Crippen LogP contribution in [0.4, 0.5) is 0 Å². The van der Waals surface area contributed by atoms with Crippen LogP contribution in [0.1, 0.15) is 22.4 Å². The third-order valence-electron chi connectivity index (χ3n) is 3.78. The Morgan fingerprint density at radius 2 is 1.96 bits per heavy atom. The lowest BCUT2D eigenvalue weighted by Gasteiger charge is -2.15. The number of nitrogens with one attached hydrogen (secondary N) is 2. The van der Waals surface area contributed by atoms with Gasteiger partial charge in [0.1, 0.15) is 0 Å². The van der Waals surface area contributed by atoms with Crippen molar-refractivity contribution in [2.75, 3.05) is 27.2 Å². The zero-order valence-electron chi connectivity index (χ0n) is 16.6. The van der Waals surface area contributed by atoms with Crippen LogP contribution < -0.4 is 10.6 Å². The minimum absolute atomic E-state index is 0. The molecule has 1 aromatic carbocycles. The lowest BCUT2D eigenvalue weighted by atomic mass is 10.2. The molecule has 156 valence electrons. The SMILES string of the molecule is CCNC(=NCc1ccccc1S(=O)(=O)N(C)C)NCCc1ncc(C)s1.I. The second-order valence-corrected chi connectivity index (χ2v) is 9.57. The number of thiazole rings is 1. The van der Waals surface area contributed by atoms with Crippen LogP contribution in [-0.4, -0.2) is 50.9 Å². The minimum Gasteiger partial charge on any atom is -0.357 e. The van der Waals surface area contributed by atoms with E-state index in [1.807, 2.05) is 26.1 Å². The zero-order chi connectivity index (χ0) is 19.9. The summed E-state index contributed by atoms with van der Waals surface area (Å²) in [5, 5.41) is 7.54. The fraction of sp³-hybridized carbons (Fsp3) is 0.444. The monoisotopic (exact) mass is 537 g/mol. The van der Waals surface area contributed by atoms with Crippen molar-refractivity contribution in [3.05, 3.63) is 45.9 Å². The Bertz CT molecular complexity index is 882. The molecule has 0 aliphatic carbocycles. The van der Waals surface area contributed by atoms with Crippen molar-refractivity contribution in [1.29, 1.82) is 0 Å². The molecule has 7 nitrogen and oxygen atoms in total. The highest BCUT2D eigenvalue weighted by Crippen LogP contribution is 2.19. The fourth-order valence-electron chi connectivity index (χ4n) is 2.39. The molecule has 0 aliphatic rings. The van der Waals surface area contributed by atoms with Gasteiger partial charge in [0.05, 0.1) is 16.4 Å².